The van der Waals surface area contributed by atoms with Crippen molar-refractivity contribution in [3.8, 4) is 0 Å². The van der Waals surface area contributed by atoms with Gasteiger partial charge >= 0.3 is 0 Å². The lowest BCUT2D eigenvalue weighted by atomic mass is 9.92. The van der Waals surface area contributed by atoms with E-state index in [0.29, 0.717) is 6.04 Å². The molecule has 2 aromatic rings. The van der Waals surface area contributed by atoms with Gasteiger partial charge in [-0.05, 0) is 40.0 Å². The summed E-state index contributed by atoms with van der Waals surface area (Å²) in [5.41, 5.74) is 2.81. The molecule has 1 N–H and O–H groups in total. The molecule has 0 saturated heterocycles. The highest BCUT2D eigenvalue weighted by molar-refractivity contribution is 5.26. The monoisotopic (exact) mass is 287 g/mol. The molecule has 0 unspecified atom stereocenters. The molecule has 0 bridgehead atoms. The largest absolute Gasteiger partial charge is 0.337 e. The highest BCUT2D eigenvalue weighted by Gasteiger charge is 2.27. The number of rotatable bonds is 3. The van der Waals surface area contributed by atoms with Crippen molar-refractivity contribution in [3.05, 3.63) is 35.7 Å². The first-order chi connectivity index (χ1) is 9.97. The van der Waals surface area contributed by atoms with E-state index in [9.17, 15) is 0 Å². The van der Waals surface area contributed by atoms with Gasteiger partial charge in [0.1, 0.15) is 5.82 Å². The molecule has 1 aliphatic rings. The van der Waals surface area contributed by atoms with Crippen molar-refractivity contribution < 1.29 is 0 Å². The smallest absolute Gasteiger partial charge is 0.122 e. The van der Waals surface area contributed by atoms with Crippen molar-refractivity contribution in [3.63, 3.8) is 0 Å². The maximum absolute atomic E-state index is 4.64. The molecule has 3 rings (SSSR count). The van der Waals surface area contributed by atoms with Gasteiger partial charge in [0.25, 0.3) is 0 Å². The number of fused-ring (bicyclic) bond motifs is 1. The summed E-state index contributed by atoms with van der Waals surface area (Å²) in [6.07, 6.45) is 9.41. The first kappa shape index (κ1) is 14.3. The van der Waals surface area contributed by atoms with Gasteiger partial charge in [0.15, 0.2) is 0 Å². The van der Waals surface area contributed by atoms with Crippen molar-refractivity contribution in [1.82, 2.24) is 24.6 Å². The Morgan fingerprint density at radius 2 is 2.19 bits per heavy atom. The van der Waals surface area contributed by atoms with Crippen LogP contribution in [0.15, 0.2) is 18.6 Å². The van der Waals surface area contributed by atoms with Crippen LogP contribution in [0, 0.1) is 0 Å². The van der Waals surface area contributed by atoms with E-state index in [4.69, 9.17) is 0 Å². The van der Waals surface area contributed by atoms with Crippen molar-refractivity contribution in [2.24, 2.45) is 7.05 Å². The predicted octanol–water partition coefficient (Wildman–Crippen LogP) is 2.54. The standard InChI is InChI=1S/C16H25N5/c1-16(2,3)21-14-7-5-6-13(12(14)10-19-21)18-11-15-17-8-9-20(15)4/h8-10,13,18H,5-7,11H2,1-4H3/t13-/m0/s1. The van der Waals surface area contributed by atoms with E-state index in [-0.39, 0.29) is 5.54 Å². The third-order valence-corrected chi connectivity index (χ3v) is 4.25. The van der Waals surface area contributed by atoms with Crippen molar-refractivity contribution in [2.75, 3.05) is 0 Å². The van der Waals surface area contributed by atoms with E-state index in [0.717, 1.165) is 18.8 Å². The van der Waals surface area contributed by atoms with Crippen LogP contribution >= 0.6 is 0 Å². The maximum Gasteiger partial charge on any atom is 0.122 e. The first-order valence-electron chi connectivity index (χ1n) is 7.73. The Labute approximate surface area is 126 Å². The molecule has 114 valence electrons. The second-order valence-corrected chi connectivity index (χ2v) is 6.91. The van der Waals surface area contributed by atoms with Crippen LogP contribution in [-0.2, 0) is 25.6 Å². The van der Waals surface area contributed by atoms with Gasteiger partial charge in [0.05, 0.1) is 18.3 Å². The summed E-state index contributed by atoms with van der Waals surface area (Å²) < 4.78 is 4.26. The molecule has 0 saturated carbocycles. The SMILES string of the molecule is Cn1ccnc1CN[C@H]1CCCc2c1cnn2C(C)(C)C. The molecule has 0 aliphatic heterocycles. The molecule has 2 aromatic heterocycles. The molecular formula is C16H25N5. The number of aryl methyl sites for hydroxylation is 1. The zero-order valence-electron chi connectivity index (χ0n) is 13.4. The van der Waals surface area contributed by atoms with Crippen LogP contribution in [0.2, 0.25) is 0 Å². The lowest BCUT2D eigenvalue weighted by Gasteiger charge is -2.28. The van der Waals surface area contributed by atoms with Gasteiger partial charge in [0, 0.05) is 36.7 Å². The molecule has 0 fully saturated rings. The Balaban J connectivity index is 1.78. The van der Waals surface area contributed by atoms with Crippen LogP contribution in [0.5, 0.6) is 0 Å². The quantitative estimate of drug-likeness (QED) is 0.943. The highest BCUT2D eigenvalue weighted by atomic mass is 15.3. The van der Waals surface area contributed by atoms with E-state index in [1.807, 2.05) is 19.4 Å². The molecule has 1 atom stereocenters. The predicted molar refractivity (Wildman–Crippen MR) is 82.9 cm³/mol. The number of nitrogens with one attached hydrogen (secondary N) is 1. The van der Waals surface area contributed by atoms with Gasteiger partial charge < -0.3 is 9.88 Å². The summed E-state index contributed by atoms with van der Waals surface area (Å²) in [7, 11) is 2.04. The Hall–Kier alpha value is -1.62. The lowest BCUT2D eigenvalue weighted by Crippen LogP contribution is -2.29. The summed E-state index contributed by atoms with van der Waals surface area (Å²) in [5, 5.41) is 8.29. The Kier molecular flexibility index (Phi) is 3.61. The van der Waals surface area contributed by atoms with Crippen molar-refractivity contribution in [1.29, 1.82) is 0 Å². The van der Waals surface area contributed by atoms with Gasteiger partial charge in [-0.15, -0.1) is 0 Å². The number of hydrogen-bond donors (Lipinski definition) is 1. The van der Waals surface area contributed by atoms with Crippen molar-refractivity contribution in [2.45, 2.75) is 58.2 Å². The van der Waals surface area contributed by atoms with Crippen molar-refractivity contribution >= 4 is 0 Å². The van der Waals surface area contributed by atoms with Gasteiger partial charge in [0.2, 0.25) is 0 Å². The average Bonchev–Trinajstić information content (AvgIpc) is 3.02. The lowest BCUT2D eigenvalue weighted by molar-refractivity contribution is 0.334. The molecule has 0 radical (unpaired) electrons. The minimum atomic E-state index is 0.0507. The van der Waals surface area contributed by atoms with E-state index in [1.165, 1.54) is 24.1 Å². The highest BCUT2D eigenvalue weighted by Crippen LogP contribution is 2.32. The first-order valence-corrected chi connectivity index (χ1v) is 7.73. The van der Waals surface area contributed by atoms with E-state index in [2.05, 4.69) is 51.6 Å². The molecule has 21 heavy (non-hydrogen) atoms. The fourth-order valence-corrected chi connectivity index (χ4v) is 3.13. The summed E-state index contributed by atoms with van der Waals surface area (Å²) >= 11 is 0. The van der Waals surface area contributed by atoms with Crippen LogP contribution < -0.4 is 5.32 Å². The number of aromatic nitrogens is 4. The maximum atomic E-state index is 4.64. The van der Waals surface area contributed by atoms with E-state index in [1.54, 1.807) is 0 Å². The topological polar surface area (TPSA) is 47.7 Å². The number of nitrogens with zero attached hydrogens (tertiary/aromatic N) is 4. The van der Waals surface area contributed by atoms with E-state index < -0.39 is 0 Å². The van der Waals surface area contributed by atoms with Gasteiger partial charge in [-0.3, -0.25) is 4.68 Å². The minimum Gasteiger partial charge on any atom is -0.337 e. The van der Waals surface area contributed by atoms with E-state index >= 15 is 0 Å². The second kappa shape index (κ2) is 5.30. The van der Waals surface area contributed by atoms with Crippen LogP contribution in [-0.4, -0.2) is 19.3 Å². The fraction of sp³-hybridized carbons (Fsp3) is 0.625. The molecule has 0 spiro atoms. The molecule has 1 aliphatic carbocycles. The zero-order valence-corrected chi connectivity index (χ0v) is 13.4. The molecule has 0 amide bonds. The Morgan fingerprint density at radius 3 is 2.86 bits per heavy atom. The molecule has 2 heterocycles. The molecular weight excluding hydrogens is 262 g/mol. The summed E-state index contributed by atoms with van der Waals surface area (Å²) in [5.74, 6) is 1.07. The van der Waals surface area contributed by atoms with Crippen LogP contribution in [0.4, 0.5) is 0 Å². The summed E-state index contributed by atoms with van der Waals surface area (Å²) in [6, 6.07) is 0.390. The Morgan fingerprint density at radius 1 is 1.38 bits per heavy atom. The number of hydrogen-bond acceptors (Lipinski definition) is 3. The molecule has 0 aromatic carbocycles. The zero-order chi connectivity index (χ0) is 15.0. The van der Waals surface area contributed by atoms with Crippen LogP contribution in [0.25, 0.3) is 0 Å². The van der Waals surface area contributed by atoms with Gasteiger partial charge in [-0.1, -0.05) is 0 Å². The fourth-order valence-electron chi connectivity index (χ4n) is 3.13. The summed E-state index contributed by atoms with van der Waals surface area (Å²) in [6.45, 7) is 7.44. The minimum absolute atomic E-state index is 0.0507. The molecule has 5 nitrogen and oxygen atoms in total. The second-order valence-electron chi connectivity index (χ2n) is 6.91. The third kappa shape index (κ3) is 2.75. The summed E-state index contributed by atoms with van der Waals surface area (Å²) in [4.78, 5) is 4.38. The average molecular weight is 287 g/mol. The van der Waals surface area contributed by atoms with Crippen LogP contribution in [0.1, 0.15) is 56.7 Å². The van der Waals surface area contributed by atoms with Crippen LogP contribution in [0.3, 0.4) is 0 Å². The normalized spacial score (nSPS) is 18.8. The van der Waals surface area contributed by atoms with Gasteiger partial charge in [-0.2, -0.15) is 5.10 Å². The third-order valence-electron chi connectivity index (χ3n) is 4.25. The molecule has 5 heteroatoms. The Bertz CT molecular complexity index is 617. The number of imidazole rings is 1. The van der Waals surface area contributed by atoms with Gasteiger partial charge in [-0.25, -0.2) is 4.98 Å².